The van der Waals surface area contributed by atoms with Crippen molar-refractivity contribution in [1.29, 1.82) is 0 Å². The highest BCUT2D eigenvalue weighted by Gasteiger charge is 2.15. The summed E-state index contributed by atoms with van der Waals surface area (Å²) < 4.78 is 32.6. The van der Waals surface area contributed by atoms with E-state index >= 15 is 0 Å². The molecule has 0 saturated carbocycles. The van der Waals surface area contributed by atoms with Crippen LogP contribution < -0.4 is 10.9 Å². The number of phenols is 1. The van der Waals surface area contributed by atoms with E-state index in [-0.39, 0.29) is 28.1 Å². The highest BCUT2D eigenvalue weighted by Crippen LogP contribution is 2.21. The number of aromatic hydroxyl groups is 1. The smallest absolute Gasteiger partial charge is 0.262 e. The average Bonchev–Trinajstić information content (AvgIpc) is 3.13. The molecular weight excluding hydrogens is 388 g/mol. The lowest BCUT2D eigenvalue weighted by molar-refractivity contribution is 0.102. The number of benzene rings is 2. The summed E-state index contributed by atoms with van der Waals surface area (Å²) in [6.45, 7) is 0. The molecule has 0 unspecified atom stereocenters. The van der Waals surface area contributed by atoms with Crippen molar-refractivity contribution in [2.45, 2.75) is 0 Å². The predicted octanol–water partition coefficient (Wildman–Crippen LogP) is 4.36. The topological polar surface area (TPSA) is 87.7 Å². The number of rotatable bonds is 3. The molecule has 4 aromatic rings. The van der Waals surface area contributed by atoms with Crippen LogP contribution >= 0.6 is 11.3 Å². The van der Waals surface area contributed by atoms with Gasteiger partial charge in [-0.05, 0) is 30.3 Å². The number of nitrogens with zero attached hydrogens (tertiary/aromatic N) is 2. The number of phenolic OH excluding ortho intramolecular Hbond substituents is 1. The van der Waals surface area contributed by atoms with Crippen molar-refractivity contribution in [2.24, 2.45) is 4.99 Å². The molecule has 0 radical (unpaired) electrons. The molecule has 2 heterocycles. The van der Waals surface area contributed by atoms with Gasteiger partial charge in [-0.15, -0.1) is 11.3 Å². The Bertz CT molecular complexity index is 1230. The van der Waals surface area contributed by atoms with Crippen molar-refractivity contribution in [3.05, 3.63) is 76.8 Å². The number of thiazole rings is 1. The zero-order valence-electron chi connectivity index (χ0n) is 14.0. The number of fused-ring (bicyclic) bond motifs is 1. The van der Waals surface area contributed by atoms with Crippen LogP contribution in [0.4, 0.5) is 19.6 Å². The molecule has 0 aliphatic rings. The summed E-state index contributed by atoms with van der Waals surface area (Å²) in [5.41, 5.74) is 0.0562. The summed E-state index contributed by atoms with van der Waals surface area (Å²) >= 11 is 1.23. The molecular formula is C19H11F2N3O3S. The van der Waals surface area contributed by atoms with E-state index in [4.69, 9.17) is 4.42 Å². The fourth-order valence-corrected chi connectivity index (χ4v) is 3.05. The molecule has 0 bridgehead atoms. The lowest BCUT2D eigenvalue weighted by atomic mass is 10.1. The summed E-state index contributed by atoms with van der Waals surface area (Å²) in [4.78, 5) is 20.8. The van der Waals surface area contributed by atoms with E-state index in [0.717, 1.165) is 12.1 Å². The number of carbonyl (C=O) groups is 1. The van der Waals surface area contributed by atoms with Crippen LogP contribution in [0.5, 0.6) is 5.75 Å². The molecule has 2 aromatic carbocycles. The molecule has 0 fully saturated rings. The fraction of sp³-hybridized carbons (Fsp3) is 0. The number of hydrogen-bond acceptors (Lipinski definition) is 6. The number of hydrogen-bond donors (Lipinski definition) is 2. The van der Waals surface area contributed by atoms with Gasteiger partial charge in [0.05, 0.1) is 5.69 Å². The van der Waals surface area contributed by atoms with Gasteiger partial charge in [0, 0.05) is 29.1 Å². The zero-order chi connectivity index (χ0) is 19.7. The number of halogens is 2. The van der Waals surface area contributed by atoms with E-state index in [9.17, 15) is 18.7 Å². The minimum absolute atomic E-state index is 0.0399. The maximum atomic E-state index is 13.5. The molecule has 0 aliphatic carbocycles. The number of amides is 1. The van der Waals surface area contributed by atoms with Crippen molar-refractivity contribution >= 4 is 39.0 Å². The Morgan fingerprint density at radius 2 is 1.93 bits per heavy atom. The fourth-order valence-electron chi connectivity index (χ4n) is 2.52. The Balaban J connectivity index is 1.90. The average molecular weight is 399 g/mol. The molecule has 0 saturated heterocycles. The van der Waals surface area contributed by atoms with Crippen LogP contribution in [0.3, 0.4) is 0 Å². The van der Waals surface area contributed by atoms with Crippen molar-refractivity contribution in [3.63, 3.8) is 0 Å². The van der Waals surface area contributed by atoms with Crippen LogP contribution in [0.25, 0.3) is 11.0 Å². The lowest BCUT2D eigenvalue weighted by Gasteiger charge is -2.05. The van der Waals surface area contributed by atoms with Crippen LogP contribution in [-0.2, 0) is 0 Å². The number of aromatic nitrogens is 1. The van der Waals surface area contributed by atoms with Crippen molar-refractivity contribution < 1.29 is 23.1 Å². The van der Waals surface area contributed by atoms with Crippen molar-refractivity contribution in [3.8, 4) is 5.75 Å². The van der Waals surface area contributed by atoms with Gasteiger partial charge in [0.15, 0.2) is 5.13 Å². The Morgan fingerprint density at radius 1 is 1.14 bits per heavy atom. The van der Waals surface area contributed by atoms with Gasteiger partial charge in [0.1, 0.15) is 28.5 Å². The highest BCUT2D eigenvalue weighted by molar-refractivity contribution is 7.13. The SMILES string of the molecule is O=C(Nc1nccs1)c1cc2ccc(O)cc2oc1=Nc1cc(F)cc(F)c1. The molecule has 0 spiro atoms. The summed E-state index contributed by atoms with van der Waals surface area (Å²) in [5, 5.41) is 14.9. The number of anilines is 1. The second-order valence-corrected chi connectivity index (χ2v) is 6.61. The molecule has 0 atom stereocenters. The molecule has 2 aromatic heterocycles. The Kier molecular flexibility index (Phi) is 4.58. The largest absolute Gasteiger partial charge is 0.508 e. The van der Waals surface area contributed by atoms with E-state index in [1.165, 1.54) is 35.7 Å². The summed E-state index contributed by atoms with van der Waals surface area (Å²) in [6, 6.07) is 8.60. The van der Waals surface area contributed by atoms with Gasteiger partial charge in [-0.3, -0.25) is 10.1 Å². The molecule has 28 heavy (non-hydrogen) atoms. The summed E-state index contributed by atoms with van der Waals surface area (Å²) in [6.07, 6.45) is 1.54. The van der Waals surface area contributed by atoms with Crippen molar-refractivity contribution in [1.82, 2.24) is 4.98 Å². The van der Waals surface area contributed by atoms with Gasteiger partial charge in [0.2, 0.25) is 5.55 Å². The second-order valence-electron chi connectivity index (χ2n) is 5.72. The third-order valence-corrected chi connectivity index (χ3v) is 4.40. The first-order valence-electron chi connectivity index (χ1n) is 7.96. The van der Waals surface area contributed by atoms with E-state index in [2.05, 4.69) is 15.3 Å². The van der Waals surface area contributed by atoms with Gasteiger partial charge < -0.3 is 9.52 Å². The van der Waals surface area contributed by atoms with Crippen molar-refractivity contribution in [2.75, 3.05) is 5.32 Å². The van der Waals surface area contributed by atoms with Gasteiger partial charge in [-0.25, -0.2) is 18.8 Å². The monoisotopic (exact) mass is 399 g/mol. The lowest BCUT2D eigenvalue weighted by Crippen LogP contribution is -2.21. The van der Waals surface area contributed by atoms with E-state index in [1.807, 2.05) is 0 Å². The first kappa shape index (κ1) is 17.8. The van der Waals surface area contributed by atoms with Gasteiger partial charge in [0.25, 0.3) is 5.91 Å². The minimum Gasteiger partial charge on any atom is -0.508 e. The first-order valence-corrected chi connectivity index (χ1v) is 8.84. The second kappa shape index (κ2) is 7.20. The van der Waals surface area contributed by atoms with E-state index in [1.54, 1.807) is 11.4 Å². The van der Waals surface area contributed by atoms with Gasteiger partial charge in [-0.1, -0.05) is 0 Å². The Hall–Kier alpha value is -3.59. The molecule has 0 aliphatic heterocycles. The highest BCUT2D eigenvalue weighted by atomic mass is 32.1. The third-order valence-electron chi connectivity index (χ3n) is 3.71. The standard InChI is InChI=1S/C19H11F2N3O3S/c20-11-6-12(21)8-13(7-11)23-18-15(17(26)24-19-22-3-4-28-19)5-10-1-2-14(25)9-16(10)27-18/h1-9,25H,(H,22,24,26). The normalized spacial score (nSPS) is 11.7. The van der Waals surface area contributed by atoms with Crippen LogP contribution in [0, 0.1) is 11.6 Å². The third kappa shape index (κ3) is 3.74. The molecule has 6 nitrogen and oxygen atoms in total. The number of nitrogens with one attached hydrogen (secondary N) is 1. The molecule has 140 valence electrons. The number of carbonyl (C=O) groups excluding carboxylic acids is 1. The quantitative estimate of drug-likeness (QED) is 0.536. The molecule has 9 heteroatoms. The maximum Gasteiger partial charge on any atom is 0.262 e. The van der Waals surface area contributed by atoms with Crippen LogP contribution in [-0.4, -0.2) is 16.0 Å². The van der Waals surface area contributed by atoms with Crippen LogP contribution in [0.15, 0.2) is 63.5 Å². The minimum atomic E-state index is -0.814. The maximum absolute atomic E-state index is 13.5. The van der Waals surface area contributed by atoms with Gasteiger partial charge >= 0.3 is 0 Å². The van der Waals surface area contributed by atoms with Crippen LogP contribution in [0.1, 0.15) is 10.4 Å². The molecule has 1 amide bonds. The van der Waals surface area contributed by atoms with Crippen LogP contribution in [0.2, 0.25) is 0 Å². The zero-order valence-corrected chi connectivity index (χ0v) is 14.8. The Morgan fingerprint density at radius 3 is 2.64 bits per heavy atom. The molecule has 2 N–H and O–H groups in total. The molecule has 4 rings (SSSR count). The summed E-state index contributed by atoms with van der Waals surface area (Å²) in [7, 11) is 0. The van der Waals surface area contributed by atoms with Gasteiger partial charge in [-0.2, -0.15) is 0 Å². The predicted molar refractivity (Wildman–Crippen MR) is 99.5 cm³/mol. The van der Waals surface area contributed by atoms with E-state index in [0.29, 0.717) is 16.6 Å². The first-order chi connectivity index (χ1) is 13.5. The van der Waals surface area contributed by atoms with E-state index < -0.39 is 17.5 Å². The Labute approximate surface area is 160 Å². The summed E-state index contributed by atoms with van der Waals surface area (Å²) in [5.74, 6) is -2.22.